The first-order chi connectivity index (χ1) is 13.2. The minimum atomic E-state index is -2.94. The highest BCUT2D eigenvalue weighted by Gasteiger charge is 2.21. The van der Waals surface area contributed by atoms with Gasteiger partial charge < -0.3 is 0 Å². The summed E-state index contributed by atoms with van der Waals surface area (Å²) in [7, 11) is -2.94. The zero-order chi connectivity index (χ0) is 20.5. The van der Waals surface area contributed by atoms with Crippen LogP contribution in [0, 0.1) is 25.2 Å². The number of amides is 1. The Bertz CT molecular complexity index is 1250. The minimum Gasteiger partial charge on any atom is -0.264 e. The third-order valence-electron chi connectivity index (χ3n) is 4.16. The summed E-state index contributed by atoms with van der Waals surface area (Å²) in [6.07, 6.45) is 1.42. The first-order valence-electron chi connectivity index (χ1n) is 8.19. The summed E-state index contributed by atoms with van der Waals surface area (Å²) in [6.45, 7) is 3.45. The Balaban J connectivity index is 2.03. The fourth-order valence-electron chi connectivity index (χ4n) is 2.74. The molecule has 0 aliphatic rings. The van der Waals surface area contributed by atoms with Crippen molar-refractivity contribution in [2.75, 3.05) is 6.26 Å². The molecule has 28 heavy (non-hydrogen) atoms. The Labute approximate surface area is 167 Å². The third kappa shape index (κ3) is 3.67. The molecule has 0 aliphatic carbocycles. The van der Waals surface area contributed by atoms with Crippen LogP contribution >= 0.6 is 11.6 Å². The topological polar surface area (TPSA) is 101 Å². The van der Waals surface area contributed by atoms with Gasteiger partial charge in [0, 0.05) is 6.26 Å². The van der Waals surface area contributed by atoms with Crippen LogP contribution < -0.4 is 0 Å². The molecule has 142 valence electrons. The molecule has 0 spiro atoms. The number of carbonyl (C=O) groups is 1. The molecule has 0 bridgehead atoms. The zero-order valence-electron chi connectivity index (χ0n) is 15.4. The number of hydrogen-bond donors (Lipinski definition) is 0. The molecule has 0 aliphatic heterocycles. The highest BCUT2D eigenvalue weighted by atomic mass is 35.5. The summed E-state index contributed by atoms with van der Waals surface area (Å²) in [6, 6.07) is 13.8. The lowest BCUT2D eigenvalue weighted by molar-refractivity contribution is 0.0999. The SMILES string of the molecule is Cc1ccccc1S(C)(=O)=NC(=O)c1nnn(-c2ccc(C#N)cc2Cl)c1C. The van der Waals surface area contributed by atoms with Gasteiger partial charge in [0.25, 0.3) is 0 Å². The molecule has 2 aromatic carbocycles. The van der Waals surface area contributed by atoms with Crippen molar-refractivity contribution in [1.82, 2.24) is 15.0 Å². The van der Waals surface area contributed by atoms with Crippen molar-refractivity contribution in [3.63, 3.8) is 0 Å². The number of rotatable bonds is 3. The molecule has 1 amide bonds. The number of carbonyl (C=O) groups excluding carboxylic acids is 1. The van der Waals surface area contributed by atoms with Crippen LogP contribution in [-0.2, 0) is 9.73 Å². The Kier molecular flexibility index (Phi) is 5.31. The average Bonchev–Trinajstić information content (AvgIpc) is 3.02. The Morgan fingerprint density at radius 2 is 1.96 bits per heavy atom. The maximum absolute atomic E-state index is 13.0. The smallest absolute Gasteiger partial charge is 0.264 e. The third-order valence-corrected chi connectivity index (χ3v) is 6.25. The largest absolute Gasteiger partial charge is 0.307 e. The van der Waals surface area contributed by atoms with Crippen molar-refractivity contribution < 1.29 is 9.00 Å². The van der Waals surface area contributed by atoms with E-state index in [1.165, 1.54) is 17.0 Å². The van der Waals surface area contributed by atoms with Crippen molar-refractivity contribution in [2.24, 2.45) is 4.36 Å². The fraction of sp³-hybridized carbons (Fsp3) is 0.158. The monoisotopic (exact) mass is 413 g/mol. The second-order valence-electron chi connectivity index (χ2n) is 6.18. The molecule has 0 fully saturated rings. The van der Waals surface area contributed by atoms with Gasteiger partial charge in [0.2, 0.25) is 0 Å². The molecule has 3 aromatic rings. The van der Waals surface area contributed by atoms with Gasteiger partial charge in [-0.2, -0.15) is 9.62 Å². The normalized spacial score (nSPS) is 12.8. The quantitative estimate of drug-likeness (QED) is 0.651. The van der Waals surface area contributed by atoms with Crippen LogP contribution in [0.25, 0.3) is 5.69 Å². The van der Waals surface area contributed by atoms with Gasteiger partial charge in [0.1, 0.15) is 0 Å². The highest BCUT2D eigenvalue weighted by molar-refractivity contribution is 7.93. The molecule has 9 heteroatoms. The van der Waals surface area contributed by atoms with E-state index in [1.807, 2.05) is 25.1 Å². The number of nitrogens with zero attached hydrogens (tertiary/aromatic N) is 5. The molecular weight excluding hydrogens is 398 g/mol. The average molecular weight is 414 g/mol. The minimum absolute atomic E-state index is 0.0106. The number of aryl methyl sites for hydroxylation is 1. The van der Waals surface area contributed by atoms with Gasteiger partial charge in [-0.05, 0) is 43.7 Å². The fourth-order valence-corrected chi connectivity index (χ4v) is 4.49. The molecule has 0 saturated heterocycles. The molecule has 1 heterocycles. The molecule has 0 N–H and O–H groups in total. The summed E-state index contributed by atoms with van der Waals surface area (Å²) in [4.78, 5) is 13.2. The van der Waals surface area contributed by atoms with Gasteiger partial charge in [-0.1, -0.05) is 35.0 Å². The van der Waals surface area contributed by atoms with Crippen LogP contribution in [-0.4, -0.2) is 31.4 Å². The standard InChI is InChI=1S/C19H16ClN5O2S/c1-12-6-4-5-7-17(12)28(3,27)23-19(26)18-13(2)25(24-22-18)16-9-8-14(11-21)10-15(16)20/h4-10H,1-3H3. The van der Waals surface area contributed by atoms with E-state index in [4.69, 9.17) is 16.9 Å². The van der Waals surface area contributed by atoms with Crippen LogP contribution in [0.2, 0.25) is 5.02 Å². The summed E-state index contributed by atoms with van der Waals surface area (Å²) in [5.74, 6) is -0.718. The van der Waals surface area contributed by atoms with E-state index in [0.717, 1.165) is 5.56 Å². The van der Waals surface area contributed by atoms with Crippen molar-refractivity contribution in [1.29, 1.82) is 5.26 Å². The van der Waals surface area contributed by atoms with E-state index in [9.17, 15) is 9.00 Å². The molecule has 1 atom stereocenters. The van der Waals surface area contributed by atoms with Gasteiger partial charge in [-0.15, -0.1) is 5.10 Å². The molecule has 1 unspecified atom stereocenters. The van der Waals surface area contributed by atoms with E-state index < -0.39 is 15.6 Å². The van der Waals surface area contributed by atoms with Gasteiger partial charge in [0.15, 0.2) is 5.69 Å². The van der Waals surface area contributed by atoms with Crippen molar-refractivity contribution >= 4 is 27.2 Å². The van der Waals surface area contributed by atoms with Crippen LogP contribution in [0.5, 0.6) is 0 Å². The second-order valence-corrected chi connectivity index (χ2v) is 8.81. The molecule has 0 radical (unpaired) electrons. The number of halogens is 1. The van der Waals surface area contributed by atoms with Gasteiger partial charge in [-0.25, -0.2) is 8.89 Å². The van der Waals surface area contributed by atoms with Crippen LogP contribution in [0.3, 0.4) is 0 Å². The van der Waals surface area contributed by atoms with Crippen LogP contribution in [0.4, 0.5) is 0 Å². The van der Waals surface area contributed by atoms with Crippen LogP contribution in [0.15, 0.2) is 51.7 Å². The molecule has 7 nitrogen and oxygen atoms in total. The molecular formula is C19H16ClN5O2S. The first-order valence-corrected chi connectivity index (χ1v) is 10.5. The maximum Gasteiger partial charge on any atom is 0.307 e. The summed E-state index contributed by atoms with van der Waals surface area (Å²) in [5.41, 5.74) is 2.06. The van der Waals surface area contributed by atoms with E-state index in [-0.39, 0.29) is 5.69 Å². The molecule has 3 rings (SSSR count). The highest BCUT2D eigenvalue weighted by Crippen LogP contribution is 2.24. The molecule has 0 saturated carbocycles. The Morgan fingerprint density at radius 3 is 2.61 bits per heavy atom. The summed E-state index contributed by atoms with van der Waals surface area (Å²) < 4.78 is 18.3. The lowest BCUT2D eigenvalue weighted by atomic mass is 10.2. The zero-order valence-corrected chi connectivity index (χ0v) is 17.0. The van der Waals surface area contributed by atoms with Crippen molar-refractivity contribution in [3.05, 3.63) is 70.0 Å². The number of aromatic nitrogens is 3. The number of nitriles is 1. The number of benzene rings is 2. The van der Waals surface area contributed by atoms with E-state index in [0.29, 0.717) is 26.9 Å². The maximum atomic E-state index is 13.0. The van der Waals surface area contributed by atoms with Crippen molar-refractivity contribution in [3.8, 4) is 11.8 Å². The van der Waals surface area contributed by atoms with Gasteiger partial charge in [0.05, 0.1) is 42.7 Å². The Morgan fingerprint density at radius 1 is 1.25 bits per heavy atom. The lowest BCUT2D eigenvalue weighted by Crippen LogP contribution is -2.07. The predicted molar refractivity (Wildman–Crippen MR) is 106 cm³/mol. The van der Waals surface area contributed by atoms with Gasteiger partial charge >= 0.3 is 5.91 Å². The van der Waals surface area contributed by atoms with E-state index in [1.54, 1.807) is 31.2 Å². The van der Waals surface area contributed by atoms with E-state index in [2.05, 4.69) is 14.7 Å². The van der Waals surface area contributed by atoms with Crippen LogP contribution in [0.1, 0.15) is 27.3 Å². The molecule has 1 aromatic heterocycles. The van der Waals surface area contributed by atoms with Crippen molar-refractivity contribution in [2.45, 2.75) is 18.7 Å². The predicted octanol–water partition coefficient (Wildman–Crippen LogP) is 3.71. The summed E-state index contributed by atoms with van der Waals surface area (Å²) in [5, 5.41) is 17.1. The summed E-state index contributed by atoms with van der Waals surface area (Å²) >= 11 is 6.21. The second kappa shape index (κ2) is 7.54. The lowest BCUT2D eigenvalue weighted by Gasteiger charge is -2.07. The number of hydrogen-bond acceptors (Lipinski definition) is 5. The van der Waals surface area contributed by atoms with Gasteiger partial charge in [-0.3, -0.25) is 4.79 Å². The first kappa shape index (κ1) is 19.7. The Hall–Kier alpha value is -3.02. The van der Waals surface area contributed by atoms with E-state index >= 15 is 0 Å².